The first-order chi connectivity index (χ1) is 14.6. The number of hydrogen-bond acceptors (Lipinski definition) is 6. The second kappa shape index (κ2) is 8.57. The van der Waals surface area contributed by atoms with Crippen molar-refractivity contribution < 1.29 is 4.79 Å². The zero-order valence-corrected chi connectivity index (χ0v) is 17.3. The first-order valence-corrected chi connectivity index (χ1v) is 10.3. The topological polar surface area (TPSA) is 81.0 Å². The first kappa shape index (κ1) is 19.9. The molecule has 3 aromatic rings. The number of ketones is 1. The Labute approximate surface area is 175 Å². The van der Waals surface area contributed by atoms with Gasteiger partial charge in [0.15, 0.2) is 5.78 Å². The maximum absolute atomic E-state index is 13.1. The van der Waals surface area contributed by atoms with E-state index in [0.717, 1.165) is 31.4 Å². The van der Waals surface area contributed by atoms with Gasteiger partial charge in [-0.1, -0.05) is 31.2 Å². The molecule has 1 atom stereocenters. The Balaban J connectivity index is 1.60. The highest BCUT2D eigenvalue weighted by molar-refractivity contribution is 5.98. The van der Waals surface area contributed by atoms with Gasteiger partial charge in [0.1, 0.15) is 6.33 Å². The highest BCUT2D eigenvalue weighted by atomic mass is 16.1. The minimum Gasteiger partial charge on any atom is -0.341 e. The molecule has 0 saturated carbocycles. The van der Waals surface area contributed by atoms with E-state index in [4.69, 9.17) is 4.98 Å². The van der Waals surface area contributed by atoms with Crippen molar-refractivity contribution in [2.24, 2.45) is 13.0 Å². The molecule has 7 nitrogen and oxygen atoms in total. The molecule has 1 aliphatic heterocycles. The van der Waals surface area contributed by atoms with Crippen LogP contribution in [0, 0.1) is 5.92 Å². The molecular formula is C23H25N5O2. The third kappa shape index (κ3) is 4.01. The molecule has 30 heavy (non-hydrogen) atoms. The Kier molecular flexibility index (Phi) is 5.70. The number of aromatic nitrogens is 4. The number of carbonyl (C=O) groups is 1. The molecule has 3 heterocycles. The maximum atomic E-state index is 13.1. The Hall–Kier alpha value is -3.35. The van der Waals surface area contributed by atoms with E-state index in [-0.39, 0.29) is 17.3 Å². The monoisotopic (exact) mass is 403 g/mol. The van der Waals surface area contributed by atoms with Crippen molar-refractivity contribution in [2.45, 2.75) is 26.2 Å². The predicted octanol–water partition coefficient (Wildman–Crippen LogP) is 2.90. The van der Waals surface area contributed by atoms with Crippen LogP contribution in [0.15, 0.2) is 53.7 Å². The average Bonchev–Trinajstić information content (AvgIpc) is 2.81. The molecule has 0 aliphatic carbocycles. The molecule has 0 amide bonds. The standard InChI is InChI=1S/C23H25N5O2/c1-3-16-6-8-17(9-7-16)22(30)18-5-4-12-28(14-18)23-26-20(13-21(29)27(23)2)19-10-11-24-15-25-19/h6-11,13,15,18H,3-5,12,14H2,1-2H3. The Bertz CT molecular complexity index is 1090. The van der Waals surface area contributed by atoms with E-state index in [1.165, 1.54) is 22.5 Å². The lowest BCUT2D eigenvalue weighted by atomic mass is 9.89. The summed E-state index contributed by atoms with van der Waals surface area (Å²) in [6.07, 6.45) is 5.73. The minimum atomic E-state index is -0.155. The largest absolute Gasteiger partial charge is 0.341 e. The van der Waals surface area contributed by atoms with E-state index in [0.29, 0.717) is 23.9 Å². The lowest BCUT2D eigenvalue weighted by Crippen LogP contribution is -2.42. The molecule has 154 valence electrons. The van der Waals surface area contributed by atoms with Crippen LogP contribution in [0.2, 0.25) is 0 Å². The average molecular weight is 403 g/mol. The van der Waals surface area contributed by atoms with Gasteiger partial charge in [0.25, 0.3) is 5.56 Å². The van der Waals surface area contributed by atoms with Crippen LogP contribution < -0.4 is 10.5 Å². The number of anilines is 1. The van der Waals surface area contributed by atoms with Crippen LogP contribution in [0.5, 0.6) is 0 Å². The van der Waals surface area contributed by atoms with Crippen molar-refractivity contribution in [3.05, 3.63) is 70.4 Å². The van der Waals surface area contributed by atoms with Gasteiger partial charge in [-0.05, 0) is 30.9 Å². The number of hydrogen-bond donors (Lipinski definition) is 0. The predicted molar refractivity (Wildman–Crippen MR) is 116 cm³/mol. The van der Waals surface area contributed by atoms with Gasteiger partial charge in [-0.2, -0.15) is 0 Å². The van der Waals surface area contributed by atoms with Gasteiger partial charge < -0.3 is 4.90 Å². The van der Waals surface area contributed by atoms with E-state index in [9.17, 15) is 9.59 Å². The van der Waals surface area contributed by atoms with Crippen molar-refractivity contribution >= 4 is 11.7 Å². The molecule has 1 saturated heterocycles. The van der Waals surface area contributed by atoms with Crippen LogP contribution in [0.3, 0.4) is 0 Å². The molecule has 1 unspecified atom stereocenters. The number of nitrogens with zero attached hydrogens (tertiary/aromatic N) is 5. The smallest absolute Gasteiger partial charge is 0.255 e. The van der Waals surface area contributed by atoms with E-state index >= 15 is 0 Å². The van der Waals surface area contributed by atoms with E-state index in [1.54, 1.807) is 19.3 Å². The van der Waals surface area contributed by atoms with Crippen LogP contribution in [-0.2, 0) is 13.5 Å². The van der Waals surface area contributed by atoms with E-state index in [1.807, 2.05) is 29.2 Å². The highest BCUT2D eigenvalue weighted by Gasteiger charge is 2.28. The van der Waals surface area contributed by atoms with Gasteiger partial charge >= 0.3 is 0 Å². The summed E-state index contributed by atoms with van der Waals surface area (Å²) in [5.41, 5.74) is 2.93. The molecule has 0 N–H and O–H groups in total. The molecule has 1 aliphatic rings. The summed E-state index contributed by atoms with van der Waals surface area (Å²) in [5, 5.41) is 0. The lowest BCUT2D eigenvalue weighted by molar-refractivity contribution is 0.0906. The van der Waals surface area contributed by atoms with Crippen LogP contribution in [0.25, 0.3) is 11.4 Å². The van der Waals surface area contributed by atoms with Crippen molar-refractivity contribution in [3.8, 4) is 11.4 Å². The van der Waals surface area contributed by atoms with Crippen LogP contribution in [0.1, 0.15) is 35.7 Å². The normalized spacial score (nSPS) is 16.5. The molecule has 0 spiro atoms. The van der Waals surface area contributed by atoms with E-state index < -0.39 is 0 Å². The number of rotatable bonds is 5. The summed E-state index contributed by atoms with van der Waals surface area (Å²) in [4.78, 5) is 40.5. The second-order valence-corrected chi connectivity index (χ2v) is 7.63. The summed E-state index contributed by atoms with van der Waals surface area (Å²) < 4.78 is 1.54. The van der Waals surface area contributed by atoms with Gasteiger partial charge in [-0.3, -0.25) is 14.2 Å². The van der Waals surface area contributed by atoms with Crippen molar-refractivity contribution in [1.82, 2.24) is 19.5 Å². The fraction of sp³-hybridized carbons (Fsp3) is 0.348. The molecular weight excluding hydrogens is 378 g/mol. The van der Waals surface area contributed by atoms with Crippen LogP contribution in [-0.4, -0.2) is 38.4 Å². The Morgan fingerprint density at radius 3 is 2.67 bits per heavy atom. The number of piperidine rings is 1. The molecule has 1 aromatic carbocycles. The molecule has 1 fully saturated rings. The lowest BCUT2D eigenvalue weighted by Gasteiger charge is -2.33. The van der Waals surface area contributed by atoms with Crippen molar-refractivity contribution in [1.29, 1.82) is 0 Å². The molecule has 0 bridgehead atoms. The number of benzene rings is 1. The first-order valence-electron chi connectivity index (χ1n) is 10.3. The zero-order chi connectivity index (χ0) is 21.1. The SMILES string of the molecule is CCc1ccc(C(=O)C2CCCN(c3nc(-c4ccncn4)cc(=O)n3C)C2)cc1. The van der Waals surface area contributed by atoms with Gasteiger partial charge in [-0.15, -0.1) is 0 Å². The van der Waals surface area contributed by atoms with Crippen LogP contribution >= 0.6 is 0 Å². The van der Waals surface area contributed by atoms with Gasteiger partial charge in [0.2, 0.25) is 5.95 Å². The fourth-order valence-electron chi connectivity index (χ4n) is 3.90. The summed E-state index contributed by atoms with van der Waals surface area (Å²) in [6.45, 7) is 3.40. The Morgan fingerprint density at radius 1 is 1.17 bits per heavy atom. The third-order valence-electron chi connectivity index (χ3n) is 5.68. The Morgan fingerprint density at radius 2 is 1.97 bits per heavy atom. The quantitative estimate of drug-likeness (QED) is 0.610. The van der Waals surface area contributed by atoms with E-state index in [2.05, 4.69) is 16.9 Å². The highest BCUT2D eigenvalue weighted by Crippen LogP contribution is 2.25. The van der Waals surface area contributed by atoms with Gasteiger partial charge in [-0.25, -0.2) is 15.0 Å². The fourth-order valence-corrected chi connectivity index (χ4v) is 3.90. The van der Waals surface area contributed by atoms with Gasteiger partial charge in [0, 0.05) is 43.9 Å². The third-order valence-corrected chi connectivity index (χ3v) is 5.68. The number of aryl methyl sites for hydroxylation is 1. The number of Topliss-reactive ketones (excluding diaryl/α,β-unsaturated/α-hetero) is 1. The molecule has 7 heteroatoms. The van der Waals surface area contributed by atoms with Crippen molar-refractivity contribution in [3.63, 3.8) is 0 Å². The summed E-state index contributed by atoms with van der Waals surface area (Å²) >= 11 is 0. The number of carbonyl (C=O) groups excluding carboxylic acids is 1. The summed E-state index contributed by atoms with van der Waals surface area (Å²) in [5.74, 6) is 0.597. The molecule has 2 aromatic heterocycles. The minimum absolute atomic E-state index is 0.120. The summed E-state index contributed by atoms with van der Waals surface area (Å²) in [7, 11) is 1.71. The van der Waals surface area contributed by atoms with Crippen molar-refractivity contribution in [2.75, 3.05) is 18.0 Å². The zero-order valence-electron chi connectivity index (χ0n) is 17.3. The second-order valence-electron chi connectivity index (χ2n) is 7.63. The maximum Gasteiger partial charge on any atom is 0.255 e. The molecule has 4 rings (SSSR count). The molecule has 0 radical (unpaired) electrons. The van der Waals surface area contributed by atoms with Crippen LogP contribution in [0.4, 0.5) is 5.95 Å². The summed E-state index contributed by atoms with van der Waals surface area (Å²) in [6, 6.07) is 11.1. The van der Waals surface area contributed by atoms with Gasteiger partial charge in [0.05, 0.1) is 11.4 Å².